The molecule has 1 saturated heterocycles. The molecular formula is C22H27N5. The lowest BCUT2D eigenvalue weighted by atomic mass is 10.2. The molecule has 0 saturated carbocycles. The van der Waals surface area contributed by atoms with E-state index in [0.717, 1.165) is 47.6 Å². The van der Waals surface area contributed by atoms with Crippen LogP contribution in [0.3, 0.4) is 0 Å². The Kier molecular flexibility index (Phi) is 5.61. The highest BCUT2D eigenvalue weighted by Crippen LogP contribution is 2.24. The maximum atomic E-state index is 4.82. The number of hydrogen-bond acceptors (Lipinski definition) is 5. The van der Waals surface area contributed by atoms with Crippen molar-refractivity contribution in [3.63, 3.8) is 0 Å². The van der Waals surface area contributed by atoms with E-state index in [1.165, 1.54) is 26.2 Å². The van der Waals surface area contributed by atoms with Gasteiger partial charge in [0.25, 0.3) is 0 Å². The van der Waals surface area contributed by atoms with E-state index in [4.69, 9.17) is 9.97 Å². The average Bonchev–Trinajstić information content (AvgIpc) is 2.73. The van der Waals surface area contributed by atoms with Crippen molar-refractivity contribution in [2.24, 2.45) is 0 Å². The molecule has 1 aliphatic rings. The summed E-state index contributed by atoms with van der Waals surface area (Å²) in [5, 5.41) is 4.64. The predicted octanol–water partition coefficient (Wildman–Crippen LogP) is 3.35. The van der Waals surface area contributed by atoms with Gasteiger partial charge in [-0.25, -0.2) is 9.97 Å². The second kappa shape index (κ2) is 8.46. The van der Waals surface area contributed by atoms with Gasteiger partial charge >= 0.3 is 0 Å². The number of rotatable bonds is 6. The number of benzene rings is 2. The molecule has 0 radical (unpaired) electrons. The van der Waals surface area contributed by atoms with Crippen molar-refractivity contribution in [3.05, 3.63) is 54.6 Å². The van der Waals surface area contributed by atoms with E-state index in [-0.39, 0.29) is 0 Å². The molecule has 0 atom stereocenters. The second-order valence-electron chi connectivity index (χ2n) is 7.20. The Labute approximate surface area is 161 Å². The Morgan fingerprint density at radius 1 is 0.889 bits per heavy atom. The number of nitrogens with zero attached hydrogens (tertiary/aromatic N) is 4. The van der Waals surface area contributed by atoms with E-state index < -0.39 is 0 Å². The van der Waals surface area contributed by atoms with Crippen LogP contribution in [0.1, 0.15) is 6.42 Å². The van der Waals surface area contributed by atoms with Crippen LogP contribution in [0.15, 0.2) is 54.6 Å². The van der Waals surface area contributed by atoms with Crippen molar-refractivity contribution in [2.45, 2.75) is 6.42 Å². The van der Waals surface area contributed by atoms with Crippen LogP contribution in [0.5, 0.6) is 0 Å². The summed E-state index contributed by atoms with van der Waals surface area (Å²) >= 11 is 0. The van der Waals surface area contributed by atoms with Crippen LogP contribution in [-0.4, -0.2) is 66.1 Å². The standard InChI is InChI=1S/C22H27N5/c1-26-14-16-27(17-15-26)13-7-12-23-22-19-10-5-6-11-20(19)24-21(25-22)18-8-3-2-4-9-18/h2-6,8-11H,7,12-17H2,1H3,(H,23,24,25). The molecule has 1 aromatic heterocycles. The van der Waals surface area contributed by atoms with Crippen LogP contribution in [0, 0.1) is 0 Å². The van der Waals surface area contributed by atoms with Gasteiger partial charge in [0.2, 0.25) is 0 Å². The molecule has 0 bridgehead atoms. The molecule has 0 aliphatic carbocycles. The van der Waals surface area contributed by atoms with Gasteiger partial charge in [0.15, 0.2) is 5.82 Å². The monoisotopic (exact) mass is 361 g/mol. The molecule has 1 aliphatic heterocycles. The van der Waals surface area contributed by atoms with Gasteiger partial charge < -0.3 is 15.1 Å². The molecule has 3 aromatic rings. The zero-order valence-corrected chi connectivity index (χ0v) is 15.9. The summed E-state index contributed by atoms with van der Waals surface area (Å²) in [4.78, 5) is 14.5. The highest BCUT2D eigenvalue weighted by molar-refractivity contribution is 5.90. The summed E-state index contributed by atoms with van der Waals surface area (Å²) in [5.74, 6) is 1.70. The molecule has 0 unspecified atom stereocenters. The zero-order valence-electron chi connectivity index (χ0n) is 15.9. The molecule has 2 heterocycles. The van der Waals surface area contributed by atoms with Gasteiger partial charge in [-0.3, -0.25) is 0 Å². The van der Waals surface area contributed by atoms with Gasteiger partial charge in [-0.15, -0.1) is 0 Å². The third kappa shape index (κ3) is 4.43. The summed E-state index contributed by atoms with van der Waals surface area (Å²) in [6.07, 6.45) is 1.11. The van der Waals surface area contributed by atoms with E-state index in [1.807, 2.05) is 30.3 Å². The molecule has 1 N–H and O–H groups in total. The lowest BCUT2D eigenvalue weighted by molar-refractivity contribution is 0.154. The molecule has 4 rings (SSSR count). The largest absolute Gasteiger partial charge is 0.369 e. The fraction of sp³-hybridized carbons (Fsp3) is 0.364. The Morgan fingerprint density at radius 2 is 1.63 bits per heavy atom. The van der Waals surface area contributed by atoms with Crippen LogP contribution < -0.4 is 5.32 Å². The van der Waals surface area contributed by atoms with Crippen molar-refractivity contribution in [3.8, 4) is 11.4 Å². The molecular weight excluding hydrogens is 334 g/mol. The third-order valence-electron chi connectivity index (χ3n) is 5.17. The third-order valence-corrected chi connectivity index (χ3v) is 5.17. The smallest absolute Gasteiger partial charge is 0.162 e. The number of fused-ring (bicyclic) bond motifs is 1. The first-order valence-corrected chi connectivity index (χ1v) is 9.76. The zero-order chi connectivity index (χ0) is 18.5. The number of piperazine rings is 1. The summed E-state index contributed by atoms with van der Waals surface area (Å²) < 4.78 is 0. The average molecular weight is 361 g/mol. The lowest BCUT2D eigenvalue weighted by Gasteiger charge is -2.32. The maximum absolute atomic E-state index is 4.82. The number of anilines is 1. The Morgan fingerprint density at radius 3 is 2.44 bits per heavy atom. The molecule has 2 aromatic carbocycles. The highest BCUT2D eigenvalue weighted by atomic mass is 15.2. The first-order chi connectivity index (χ1) is 13.3. The number of para-hydroxylation sites is 1. The van der Waals surface area contributed by atoms with Crippen molar-refractivity contribution < 1.29 is 0 Å². The van der Waals surface area contributed by atoms with Gasteiger partial charge in [-0.2, -0.15) is 0 Å². The van der Waals surface area contributed by atoms with Crippen LogP contribution >= 0.6 is 0 Å². The normalized spacial score (nSPS) is 15.9. The van der Waals surface area contributed by atoms with Gasteiger partial charge in [0, 0.05) is 43.7 Å². The molecule has 0 spiro atoms. The van der Waals surface area contributed by atoms with E-state index in [9.17, 15) is 0 Å². The Hall–Kier alpha value is -2.50. The highest BCUT2D eigenvalue weighted by Gasteiger charge is 2.13. The Bertz CT molecular complexity index is 872. The van der Waals surface area contributed by atoms with Gasteiger partial charge in [-0.05, 0) is 32.1 Å². The topological polar surface area (TPSA) is 44.3 Å². The molecule has 27 heavy (non-hydrogen) atoms. The molecule has 0 amide bonds. The van der Waals surface area contributed by atoms with Crippen LogP contribution in [0.25, 0.3) is 22.3 Å². The van der Waals surface area contributed by atoms with Crippen LogP contribution in [-0.2, 0) is 0 Å². The fourth-order valence-electron chi connectivity index (χ4n) is 3.51. The summed E-state index contributed by atoms with van der Waals surface area (Å²) in [5.41, 5.74) is 2.02. The van der Waals surface area contributed by atoms with Crippen molar-refractivity contribution in [1.82, 2.24) is 19.8 Å². The first-order valence-electron chi connectivity index (χ1n) is 9.76. The van der Waals surface area contributed by atoms with E-state index >= 15 is 0 Å². The van der Waals surface area contributed by atoms with Crippen molar-refractivity contribution >= 4 is 16.7 Å². The number of nitrogens with one attached hydrogen (secondary N) is 1. The Balaban J connectivity index is 1.45. The number of hydrogen-bond donors (Lipinski definition) is 1. The molecule has 1 fully saturated rings. The SMILES string of the molecule is CN1CCN(CCCNc2nc(-c3ccccc3)nc3ccccc23)CC1. The van der Waals surface area contributed by atoms with E-state index in [0.29, 0.717) is 0 Å². The van der Waals surface area contributed by atoms with Crippen LogP contribution in [0.4, 0.5) is 5.82 Å². The fourth-order valence-corrected chi connectivity index (χ4v) is 3.51. The predicted molar refractivity (Wildman–Crippen MR) is 112 cm³/mol. The minimum absolute atomic E-state index is 0.774. The summed E-state index contributed by atoms with van der Waals surface area (Å²) in [7, 11) is 2.20. The van der Waals surface area contributed by atoms with Crippen LogP contribution in [0.2, 0.25) is 0 Å². The lowest BCUT2D eigenvalue weighted by Crippen LogP contribution is -2.44. The van der Waals surface area contributed by atoms with Crippen molar-refractivity contribution in [1.29, 1.82) is 0 Å². The van der Waals surface area contributed by atoms with E-state index in [2.05, 4.69) is 46.4 Å². The number of likely N-dealkylation sites (N-methyl/N-ethyl adjacent to an activating group) is 1. The first kappa shape index (κ1) is 17.9. The minimum Gasteiger partial charge on any atom is -0.369 e. The van der Waals surface area contributed by atoms with Gasteiger partial charge in [-0.1, -0.05) is 42.5 Å². The van der Waals surface area contributed by atoms with Gasteiger partial charge in [0.1, 0.15) is 5.82 Å². The molecule has 5 nitrogen and oxygen atoms in total. The summed E-state index contributed by atoms with van der Waals surface area (Å²) in [6.45, 7) is 6.74. The minimum atomic E-state index is 0.774. The quantitative estimate of drug-likeness (QED) is 0.682. The maximum Gasteiger partial charge on any atom is 0.162 e. The number of aromatic nitrogens is 2. The van der Waals surface area contributed by atoms with Crippen molar-refractivity contribution in [2.75, 3.05) is 51.6 Å². The summed E-state index contributed by atoms with van der Waals surface area (Å²) in [6, 6.07) is 18.4. The molecule has 140 valence electrons. The second-order valence-corrected chi connectivity index (χ2v) is 7.20. The van der Waals surface area contributed by atoms with Gasteiger partial charge in [0.05, 0.1) is 5.52 Å². The molecule has 5 heteroatoms. The van der Waals surface area contributed by atoms with E-state index in [1.54, 1.807) is 0 Å².